The summed E-state index contributed by atoms with van der Waals surface area (Å²) in [5.74, 6) is -1.55. The molecule has 0 spiro atoms. The van der Waals surface area contributed by atoms with Crippen LogP contribution in [0.1, 0.15) is 0 Å². The summed E-state index contributed by atoms with van der Waals surface area (Å²) < 4.78 is 25.2. The first-order valence-electron chi connectivity index (χ1n) is 3.14. The Bertz CT molecular complexity index is 318. The van der Waals surface area contributed by atoms with Gasteiger partial charge in [0.2, 0.25) is 0 Å². The van der Waals surface area contributed by atoms with Crippen LogP contribution >= 0.6 is 0 Å². The number of aliphatic imine (C=N–C) groups is 1. The smallest absolute Gasteiger partial charge is 0.191 e. The molecule has 0 heterocycles. The molecule has 0 radical (unpaired) electrons. The molecular weight excluding hydrogens is 164 g/mol. The minimum absolute atomic E-state index is 0.199. The number of benzene rings is 1. The molecule has 0 bridgehead atoms. The van der Waals surface area contributed by atoms with Crippen molar-refractivity contribution in [2.24, 2.45) is 16.5 Å². The third-order valence-electron chi connectivity index (χ3n) is 1.16. The molecule has 1 rings (SSSR count). The number of rotatable bonds is 1. The van der Waals surface area contributed by atoms with Crippen molar-refractivity contribution in [3.63, 3.8) is 0 Å². The summed E-state index contributed by atoms with van der Waals surface area (Å²) in [6, 6.07) is 2.85. The van der Waals surface area contributed by atoms with E-state index in [-0.39, 0.29) is 11.6 Å². The Balaban J connectivity index is 3.14. The predicted molar refractivity (Wildman–Crippen MR) is 41.8 cm³/mol. The topological polar surface area (TPSA) is 64.4 Å². The molecule has 3 nitrogen and oxygen atoms in total. The van der Waals surface area contributed by atoms with Gasteiger partial charge in [-0.2, -0.15) is 0 Å². The average molecular weight is 171 g/mol. The van der Waals surface area contributed by atoms with Crippen LogP contribution in [0.5, 0.6) is 0 Å². The zero-order valence-corrected chi connectivity index (χ0v) is 6.09. The van der Waals surface area contributed by atoms with Crippen molar-refractivity contribution in [3.8, 4) is 0 Å². The van der Waals surface area contributed by atoms with Gasteiger partial charge in [-0.1, -0.05) is 0 Å². The highest BCUT2D eigenvalue weighted by molar-refractivity contribution is 5.79. The molecule has 0 aliphatic heterocycles. The SMILES string of the molecule is NC(N)=Nc1cc(F)ccc1F. The van der Waals surface area contributed by atoms with Crippen LogP contribution in [0.4, 0.5) is 14.5 Å². The Kier molecular flexibility index (Phi) is 2.23. The van der Waals surface area contributed by atoms with Crippen LogP contribution in [0.25, 0.3) is 0 Å². The van der Waals surface area contributed by atoms with Crippen molar-refractivity contribution >= 4 is 11.6 Å². The zero-order valence-electron chi connectivity index (χ0n) is 6.09. The van der Waals surface area contributed by atoms with Crippen LogP contribution in [0.2, 0.25) is 0 Å². The second kappa shape index (κ2) is 3.17. The summed E-state index contributed by atoms with van der Waals surface area (Å²) in [7, 11) is 0. The zero-order chi connectivity index (χ0) is 9.14. The Morgan fingerprint density at radius 2 is 1.92 bits per heavy atom. The van der Waals surface area contributed by atoms with Crippen LogP contribution in [0, 0.1) is 11.6 Å². The lowest BCUT2D eigenvalue weighted by molar-refractivity contribution is 0.602. The highest BCUT2D eigenvalue weighted by atomic mass is 19.1. The van der Waals surface area contributed by atoms with E-state index < -0.39 is 11.6 Å². The first kappa shape index (κ1) is 8.45. The van der Waals surface area contributed by atoms with Crippen molar-refractivity contribution in [2.45, 2.75) is 0 Å². The highest BCUT2D eigenvalue weighted by Gasteiger charge is 2.01. The number of hydrogen-bond acceptors (Lipinski definition) is 1. The molecule has 64 valence electrons. The molecule has 0 amide bonds. The molecule has 12 heavy (non-hydrogen) atoms. The van der Waals surface area contributed by atoms with Crippen molar-refractivity contribution in [2.75, 3.05) is 0 Å². The van der Waals surface area contributed by atoms with Crippen LogP contribution in [-0.4, -0.2) is 5.96 Å². The van der Waals surface area contributed by atoms with Gasteiger partial charge in [-0.05, 0) is 12.1 Å². The fourth-order valence-corrected chi connectivity index (χ4v) is 0.711. The molecular formula is C7H7F2N3. The van der Waals surface area contributed by atoms with E-state index in [1.165, 1.54) is 0 Å². The van der Waals surface area contributed by atoms with Gasteiger partial charge in [-0.3, -0.25) is 0 Å². The molecule has 1 aromatic carbocycles. The average Bonchev–Trinajstić information content (AvgIpc) is 1.96. The molecule has 0 saturated carbocycles. The van der Waals surface area contributed by atoms with Crippen LogP contribution in [0.15, 0.2) is 23.2 Å². The van der Waals surface area contributed by atoms with Crippen molar-refractivity contribution < 1.29 is 8.78 Å². The van der Waals surface area contributed by atoms with Gasteiger partial charge in [0.15, 0.2) is 5.96 Å². The van der Waals surface area contributed by atoms with Crippen molar-refractivity contribution in [3.05, 3.63) is 29.8 Å². The van der Waals surface area contributed by atoms with Crippen molar-refractivity contribution in [1.29, 1.82) is 0 Å². The third kappa shape index (κ3) is 1.91. The largest absolute Gasteiger partial charge is 0.370 e. The quantitative estimate of drug-likeness (QED) is 0.486. The van der Waals surface area contributed by atoms with Gasteiger partial charge in [0.05, 0.1) is 0 Å². The lowest BCUT2D eigenvalue weighted by Crippen LogP contribution is -2.22. The van der Waals surface area contributed by atoms with Gasteiger partial charge in [0, 0.05) is 6.07 Å². The lowest BCUT2D eigenvalue weighted by Gasteiger charge is -1.96. The molecule has 0 aromatic heterocycles. The minimum atomic E-state index is -0.662. The molecule has 5 heteroatoms. The summed E-state index contributed by atoms with van der Waals surface area (Å²) in [5, 5.41) is 0. The van der Waals surface area contributed by atoms with E-state index >= 15 is 0 Å². The molecule has 0 unspecified atom stereocenters. The summed E-state index contributed by atoms with van der Waals surface area (Å²) in [4.78, 5) is 3.38. The molecule has 0 fully saturated rings. The third-order valence-corrected chi connectivity index (χ3v) is 1.16. The van der Waals surface area contributed by atoms with Crippen LogP contribution in [-0.2, 0) is 0 Å². The number of nitrogens with two attached hydrogens (primary N) is 2. The number of guanidine groups is 1. The lowest BCUT2D eigenvalue weighted by atomic mass is 10.3. The summed E-state index contributed by atoms with van der Waals surface area (Å²) >= 11 is 0. The molecule has 1 aromatic rings. The van der Waals surface area contributed by atoms with Crippen LogP contribution < -0.4 is 11.5 Å². The Morgan fingerprint density at radius 3 is 2.50 bits per heavy atom. The minimum Gasteiger partial charge on any atom is -0.370 e. The fourth-order valence-electron chi connectivity index (χ4n) is 0.711. The standard InChI is InChI=1S/C7H7F2N3/c8-4-1-2-5(9)6(3-4)12-7(10)11/h1-3H,(H4,10,11,12). The van der Waals surface area contributed by atoms with E-state index in [1.54, 1.807) is 0 Å². The summed E-state index contributed by atoms with van der Waals surface area (Å²) in [6.07, 6.45) is 0. The fraction of sp³-hybridized carbons (Fsp3) is 0. The number of halogens is 2. The Labute approximate surface area is 67.7 Å². The van der Waals surface area contributed by atoms with Gasteiger partial charge < -0.3 is 11.5 Å². The summed E-state index contributed by atoms with van der Waals surface area (Å²) in [5.41, 5.74) is 9.77. The van der Waals surface area contributed by atoms with Gasteiger partial charge in [-0.15, -0.1) is 0 Å². The Hall–Kier alpha value is -1.65. The Morgan fingerprint density at radius 1 is 1.25 bits per heavy atom. The maximum absolute atomic E-state index is 12.7. The highest BCUT2D eigenvalue weighted by Crippen LogP contribution is 2.17. The number of hydrogen-bond donors (Lipinski definition) is 2. The van der Waals surface area contributed by atoms with Gasteiger partial charge >= 0.3 is 0 Å². The van der Waals surface area contributed by atoms with Gasteiger partial charge in [-0.25, -0.2) is 13.8 Å². The summed E-state index contributed by atoms with van der Waals surface area (Å²) in [6.45, 7) is 0. The maximum atomic E-state index is 12.7. The van der Waals surface area contributed by atoms with E-state index in [2.05, 4.69) is 4.99 Å². The molecule has 0 atom stereocenters. The van der Waals surface area contributed by atoms with E-state index in [0.717, 1.165) is 18.2 Å². The monoisotopic (exact) mass is 171 g/mol. The first-order valence-corrected chi connectivity index (χ1v) is 3.14. The molecule has 0 saturated heterocycles. The van der Waals surface area contributed by atoms with E-state index in [0.29, 0.717) is 0 Å². The second-order valence-electron chi connectivity index (χ2n) is 2.13. The van der Waals surface area contributed by atoms with E-state index in [9.17, 15) is 8.78 Å². The van der Waals surface area contributed by atoms with Crippen LogP contribution in [0.3, 0.4) is 0 Å². The normalized spacial score (nSPS) is 9.50. The first-order chi connectivity index (χ1) is 5.59. The van der Waals surface area contributed by atoms with Gasteiger partial charge in [0.1, 0.15) is 17.3 Å². The second-order valence-corrected chi connectivity index (χ2v) is 2.13. The van der Waals surface area contributed by atoms with Crippen molar-refractivity contribution in [1.82, 2.24) is 0 Å². The predicted octanol–water partition coefficient (Wildman–Crippen LogP) is 0.870. The van der Waals surface area contributed by atoms with Gasteiger partial charge in [0.25, 0.3) is 0 Å². The molecule has 0 aliphatic rings. The van der Waals surface area contributed by atoms with E-state index in [4.69, 9.17) is 11.5 Å². The maximum Gasteiger partial charge on any atom is 0.191 e. The molecule has 4 N–H and O–H groups in total. The molecule has 0 aliphatic carbocycles. The number of nitrogens with zero attached hydrogens (tertiary/aromatic N) is 1. The van der Waals surface area contributed by atoms with E-state index in [1.807, 2.05) is 0 Å².